The van der Waals surface area contributed by atoms with Gasteiger partial charge in [-0.3, -0.25) is 9.89 Å². The molecule has 2 aliphatic heterocycles. The van der Waals surface area contributed by atoms with Crippen molar-refractivity contribution < 1.29 is 4.79 Å². The van der Waals surface area contributed by atoms with Crippen molar-refractivity contribution in [2.45, 2.75) is 12.8 Å². The Hall–Kier alpha value is -1.88. The van der Waals surface area contributed by atoms with Crippen LogP contribution in [0, 0.1) is 5.41 Å². The molecule has 0 bridgehead atoms. The lowest BCUT2D eigenvalue weighted by atomic mass is 9.72. The number of piperidine rings is 1. The monoisotopic (exact) mass is 284 g/mol. The van der Waals surface area contributed by atoms with Crippen LogP contribution in [0.2, 0.25) is 0 Å². The van der Waals surface area contributed by atoms with Crippen molar-refractivity contribution in [3.63, 3.8) is 0 Å². The van der Waals surface area contributed by atoms with E-state index in [1.807, 2.05) is 23.1 Å². The smallest absolute Gasteiger partial charge is 0.253 e. The second-order valence-corrected chi connectivity index (χ2v) is 6.64. The van der Waals surface area contributed by atoms with Crippen LogP contribution >= 0.6 is 0 Å². The number of H-pyrrole nitrogens is 1. The standard InChI is InChI=1S/C16H20N4O/c1-19-10-16(11-19)4-6-20(7-5-16)15(21)12-2-3-14-13(8-12)9-17-18-14/h2-3,8-9H,4-7,10-11H2,1H3,(H,17,18). The van der Waals surface area contributed by atoms with E-state index in [-0.39, 0.29) is 5.91 Å². The molecule has 0 radical (unpaired) electrons. The number of amides is 1. The van der Waals surface area contributed by atoms with Crippen molar-refractivity contribution in [2.75, 3.05) is 33.2 Å². The number of nitrogens with one attached hydrogen (secondary N) is 1. The highest BCUT2D eigenvalue weighted by Crippen LogP contribution is 2.39. The molecule has 1 aromatic carbocycles. The van der Waals surface area contributed by atoms with Gasteiger partial charge in [-0.1, -0.05) is 0 Å². The Morgan fingerprint density at radius 3 is 2.76 bits per heavy atom. The van der Waals surface area contributed by atoms with E-state index in [0.29, 0.717) is 5.41 Å². The Labute approximate surface area is 123 Å². The van der Waals surface area contributed by atoms with Gasteiger partial charge in [-0.2, -0.15) is 5.10 Å². The van der Waals surface area contributed by atoms with Crippen molar-refractivity contribution in [3.05, 3.63) is 30.0 Å². The van der Waals surface area contributed by atoms with Crippen LogP contribution in [-0.4, -0.2) is 59.1 Å². The first-order valence-corrected chi connectivity index (χ1v) is 7.56. The van der Waals surface area contributed by atoms with Crippen LogP contribution in [0.5, 0.6) is 0 Å². The van der Waals surface area contributed by atoms with E-state index in [1.165, 1.54) is 13.1 Å². The van der Waals surface area contributed by atoms with Gasteiger partial charge in [-0.25, -0.2) is 0 Å². The summed E-state index contributed by atoms with van der Waals surface area (Å²) in [6.07, 6.45) is 4.04. The average Bonchev–Trinajstić information content (AvgIpc) is 2.93. The average molecular weight is 284 g/mol. The third-order valence-electron chi connectivity index (χ3n) is 5.01. The number of aromatic amines is 1. The first-order chi connectivity index (χ1) is 10.2. The van der Waals surface area contributed by atoms with Crippen molar-refractivity contribution in [2.24, 2.45) is 5.41 Å². The Kier molecular flexibility index (Phi) is 2.79. The number of carbonyl (C=O) groups excluding carboxylic acids is 1. The minimum Gasteiger partial charge on any atom is -0.339 e. The largest absolute Gasteiger partial charge is 0.339 e. The molecule has 2 saturated heterocycles. The Balaban J connectivity index is 1.48. The number of nitrogens with zero attached hydrogens (tertiary/aromatic N) is 3. The minimum absolute atomic E-state index is 0.153. The zero-order valence-electron chi connectivity index (χ0n) is 12.3. The van der Waals surface area contributed by atoms with Crippen molar-refractivity contribution in [1.82, 2.24) is 20.0 Å². The predicted molar refractivity (Wildman–Crippen MR) is 81.2 cm³/mol. The minimum atomic E-state index is 0.153. The van der Waals surface area contributed by atoms with E-state index in [1.54, 1.807) is 6.20 Å². The Morgan fingerprint density at radius 1 is 1.29 bits per heavy atom. The number of aromatic nitrogens is 2. The van der Waals surface area contributed by atoms with E-state index < -0.39 is 0 Å². The highest BCUT2D eigenvalue weighted by atomic mass is 16.2. The summed E-state index contributed by atoms with van der Waals surface area (Å²) in [5.41, 5.74) is 2.23. The summed E-state index contributed by atoms with van der Waals surface area (Å²) < 4.78 is 0. The molecule has 110 valence electrons. The zero-order valence-corrected chi connectivity index (χ0v) is 12.3. The molecular weight excluding hydrogens is 264 g/mol. The van der Waals surface area contributed by atoms with Crippen LogP contribution in [0.15, 0.2) is 24.4 Å². The fourth-order valence-electron chi connectivity index (χ4n) is 3.86. The molecule has 2 aromatic rings. The Morgan fingerprint density at radius 2 is 2.05 bits per heavy atom. The molecule has 2 aliphatic rings. The van der Waals surface area contributed by atoms with Gasteiger partial charge in [0.15, 0.2) is 0 Å². The van der Waals surface area contributed by atoms with Crippen molar-refractivity contribution >= 4 is 16.8 Å². The summed E-state index contributed by atoms with van der Waals surface area (Å²) in [5.74, 6) is 0.153. The molecule has 1 aromatic heterocycles. The molecule has 3 heterocycles. The summed E-state index contributed by atoms with van der Waals surface area (Å²) in [7, 11) is 2.17. The summed E-state index contributed by atoms with van der Waals surface area (Å²) >= 11 is 0. The molecule has 4 rings (SSSR count). The maximum atomic E-state index is 12.6. The van der Waals surface area contributed by atoms with Gasteiger partial charge in [-0.05, 0) is 43.5 Å². The first kappa shape index (κ1) is 12.8. The Bertz CT molecular complexity index is 676. The van der Waals surface area contributed by atoms with Crippen LogP contribution in [-0.2, 0) is 0 Å². The number of hydrogen-bond donors (Lipinski definition) is 1. The van der Waals surface area contributed by atoms with Gasteiger partial charge in [0.2, 0.25) is 0 Å². The van der Waals surface area contributed by atoms with Gasteiger partial charge in [-0.15, -0.1) is 0 Å². The lowest BCUT2D eigenvalue weighted by Gasteiger charge is -2.52. The number of hydrogen-bond acceptors (Lipinski definition) is 3. The molecule has 21 heavy (non-hydrogen) atoms. The zero-order chi connectivity index (χ0) is 14.4. The normalized spacial score (nSPS) is 21.7. The number of fused-ring (bicyclic) bond motifs is 1. The molecule has 0 aliphatic carbocycles. The number of likely N-dealkylation sites (tertiary alicyclic amines) is 2. The summed E-state index contributed by atoms with van der Waals surface area (Å²) in [4.78, 5) is 17.0. The van der Waals surface area contributed by atoms with E-state index in [2.05, 4.69) is 22.1 Å². The summed E-state index contributed by atoms with van der Waals surface area (Å²) in [5, 5.41) is 7.92. The lowest BCUT2D eigenvalue weighted by Crippen LogP contribution is -2.59. The quantitative estimate of drug-likeness (QED) is 0.867. The SMILES string of the molecule is CN1CC2(CCN(C(=O)c3ccc4[nH]ncc4c3)CC2)C1. The molecule has 0 atom stereocenters. The lowest BCUT2D eigenvalue weighted by molar-refractivity contribution is -0.0268. The van der Waals surface area contributed by atoms with E-state index in [9.17, 15) is 4.79 Å². The molecule has 5 nitrogen and oxygen atoms in total. The molecule has 1 amide bonds. The van der Waals surface area contributed by atoms with E-state index in [4.69, 9.17) is 0 Å². The summed E-state index contributed by atoms with van der Waals surface area (Å²) in [6.45, 7) is 4.15. The highest BCUT2D eigenvalue weighted by molar-refractivity contribution is 5.97. The van der Waals surface area contributed by atoms with Crippen LogP contribution in [0.1, 0.15) is 23.2 Å². The second-order valence-electron chi connectivity index (χ2n) is 6.64. The highest BCUT2D eigenvalue weighted by Gasteiger charge is 2.43. The maximum Gasteiger partial charge on any atom is 0.253 e. The van der Waals surface area contributed by atoms with Gasteiger partial charge in [0.25, 0.3) is 5.91 Å². The molecule has 0 saturated carbocycles. The van der Waals surface area contributed by atoms with Crippen LogP contribution in [0.3, 0.4) is 0 Å². The topological polar surface area (TPSA) is 52.2 Å². The molecule has 5 heteroatoms. The number of rotatable bonds is 1. The van der Waals surface area contributed by atoms with Gasteiger partial charge >= 0.3 is 0 Å². The summed E-state index contributed by atoms with van der Waals surface area (Å²) in [6, 6.07) is 5.76. The van der Waals surface area contributed by atoms with Gasteiger partial charge < -0.3 is 9.80 Å². The number of carbonyl (C=O) groups is 1. The molecule has 0 unspecified atom stereocenters. The molecular formula is C16H20N4O. The van der Waals surface area contributed by atoms with Crippen molar-refractivity contribution in [3.8, 4) is 0 Å². The first-order valence-electron chi connectivity index (χ1n) is 7.56. The van der Waals surface area contributed by atoms with Crippen LogP contribution < -0.4 is 0 Å². The molecule has 1 N–H and O–H groups in total. The van der Waals surface area contributed by atoms with Crippen molar-refractivity contribution in [1.29, 1.82) is 0 Å². The van der Waals surface area contributed by atoms with Crippen LogP contribution in [0.4, 0.5) is 0 Å². The fourth-order valence-corrected chi connectivity index (χ4v) is 3.86. The third kappa shape index (κ3) is 2.12. The maximum absolute atomic E-state index is 12.6. The van der Waals surface area contributed by atoms with Gasteiger partial charge in [0, 0.05) is 37.1 Å². The molecule has 1 spiro atoms. The van der Waals surface area contributed by atoms with Gasteiger partial charge in [0.1, 0.15) is 0 Å². The van der Waals surface area contributed by atoms with Gasteiger partial charge in [0.05, 0.1) is 11.7 Å². The van der Waals surface area contributed by atoms with Crippen LogP contribution in [0.25, 0.3) is 10.9 Å². The molecule has 2 fully saturated rings. The fraction of sp³-hybridized carbons (Fsp3) is 0.500. The number of benzene rings is 1. The van der Waals surface area contributed by atoms with E-state index in [0.717, 1.165) is 42.4 Å². The van der Waals surface area contributed by atoms with E-state index >= 15 is 0 Å². The predicted octanol–water partition coefficient (Wildman–Crippen LogP) is 1.73. The third-order valence-corrected chi connectivity index (χ3v) is 5.01. The second kappa shape index (κ2) is 4.56.